The quantitative estimate of drug-likeness (QED) is 0.926. The average molecular weight is 324 g/mol. The van der Waals surface area contributed by atoms with Gasteiger partial charge in [-0.25, -0.2) is 0 Å². The molecule has 0 atom stereocenters. The van der Waals surface area contributed by atoms with Gasteiger partial charge in [-0.1, -0.05) is 29.3 Å². The van der Waals surface area contributed by atoms with Crippen LogP contribution in [0.15, 0.2) is 30.3 Å². The molecule has 21 heavy (non-hydrogen) atoms. The van der Waals surface area contributed by atoms with Gasteiger partial charge in [-0.2, -0.15) is 0 Å². The predicted octanol–water partition coefficient (Wildman–Crippen LogP) is 3.97. The zero-order chi connectivity index (χ0) is 14.8. The Morgan fingerprint density at radius 1 is 1.14 bits per heavy atom. The molecule has 0 aromatic heterocycles. The van der Waals surface area contributed by atoms with Crippen LogP contribution in [-0.2, 0) is 19.6 Å². The summed E-state index contributed by atoms with van der Waals surface area (Å²) in [7, 11) is 0. The molecule has 1 heterocycles. The molecular weight excluding hydrogens is 309 g/mol. The molecule has 3 rings (SSSR count). The summed E-state index contributed by atoms with van der Waals surface area (Å²) in [6.45, 7) is 1.50. The summed E-state index contributed by atoms with van der Waals surface area (Å²) >= 11 is 12.3. The first kappa shape index (κ1) is 14.5. The molecule has 3 nitrogen and oxygen atoms in total. The van der Waals surface area contributed by atoms with Gasteiger partial charge in [0.05, 0.1) is 6.61 Å². The molecule has 0 saturated heterocycles. The van der Waals surface area contributed by atoms with Crippen molar-refractivity contribution in [2.75, 3.05) is 6.61 Å². The van der Waals surface area contributed by atoms with Crippen molar-refractivity contribution in [2.24, 2.45) is 5.73 Å². The third kappa shape index (κ3) is 3.10. The largest absolute Gasteiger partial charge is 0.493 e. The molecule has 1 aliphatic rings. The van der Waals surface area contributed by atoms with E-state index in [-0.39, 0.29) is 0 Å². The van der Waals surface area contributed by atoms with Crippen LogP contribution in [0.3, 0.4) is 0 Å². The third-order valence-corrected chi connectivity index (χ3v) is 4.03. The summed E-state index contributed by atoms with van der Waals surface area (Å²) in [6, 6.07) is 9.33. The van der Waals surface area contributed by atoms with Gasteiger partial charge >= 0.3 is 0 Å². The fourth-order valence-corrected chi connectivity index (χ4v) is 2.91. The number of hydrogen-bond acceptors (Lipinski definition) is 3. The standard InChI is InChI=1S/C16H15Cl2NO2/c17-13-5-10-3-4-20-16(10)12(6-13)9-21-14-2-1-11(8-19)15(18)7-14/h1-2,5-7H,3-4,8-9,19H2. The van der Waals surface area contributed by atoms with E-state index >= 15 is 0 Å². The average Bonchev–Trinajstić information content (AvgIpc) is 2.93. The van der Waals surface area contributed by atoms with Crippen LogP contribution in [0.1, 0.15) is 16.7 Å². The molecule has 0 bridgehead atoms. The van der Waals surface area contributed by atoms with E-state index in [1.54, 1.807) is 6.07 Å². The van der Waals surface area contributed by atoms with Gasteiger partial charge < -0.3 is 15.2 Å². The first-order chi connectivity index (χ1) is 10.2. The maximum absolute atomic E-state index is 6.13. The minimum absolute atomic E-state index is 0.390. The second-order valence-electron chi connectivity index (χ2n) is 4.90. The van der Waals surface area contributed by atoms with Gasteiger partial charge in [0.1, 0.15) is 18.1 Å². The summed E-state index contributed by atoms with van der Waals surface area (Å²) in [5.41, 5.74) is 8.58. The van der Waals surface area contributed by atoms with E-state index in [4.69, 9.17) is 38.4 Å². The van der Waals surface area contributed by atoms with Crippen molar-refractivity contribution in [3.05, 3.63) is 57.1 Å². The van der Waals surface area contributed by atoms with Crippen LogP contribution >= 0.6 is 23.2 Å². The van der Waals surface area contributed by atoms with E-state index in [2.05, 4.69) is 0 Å². The maximum Gasteiger partial charge on any atom is 0.129 e. The van der Waals surface area contributed by atoms with E-state index in [0.29, 0.717) is 35.6 Å². The van der Waals surface area contributed by atoms with Crippen LogP contribution in [0.25, 0.3) is 0 Å². The number of rotatable bonds is 4. The molecule has 1 aliphatic heterocycles. The summed E-state index contributed by atoms with van der Waals surface area (Å²) < 4.78 is 11.4. The highest BCUT2D eigenvalue weighted by molar-refractivity contribution is 6.31. The SMILES string of the molecule is NCc1ccc(OCc2cc(Cl)cc3c2OCC3)cc1Cl. The molecule has 2 aromatic carbocycles. The summed E-state index contributed by atoms with van der Waals surface area (Å²) in [6.07, 6.45) is 0.889. The molecular formula is C16H15Cl2NO2. The van der Waals surface area contributed by atoms with Crippen molar-refractivity contribution in [3.8, 4) is 11.5 Å². The number of hydrogen-bond donors (Lipinski definition) is 1. The molecule has 0 amide bonds. The first-order valence-corrected chi connectivity index (χ1v) is 7.48. The predicted molar refractivity (Wildman–Crippen MR) is 84.3 cm³/mol. The second-order valence-corrected chi connectivity index (χ2v) is 5.74. The lowest BCUT2D eigenvalue weighted by Gasteiger charge is -2.11. The van der Waals surface area contributed by atoms with Crippen molar-refractivity contribution in [1.29, 1.82) is 0 Å². The van der Waals surface area contributed by atoms with Crippen LogP contribution in [0.5, 0.6) is 11.5 Å². The van der Waals surface area contributed by atoms with Crippen LogP contribution < -0.4 is 15.2 Å². The monoisotopic (exact) mass is 323 g/mol. The second kappa shape index (κ2) is 6.14. The summed E-state index contributed by atoms with van der Waals surface area (Å²) in [5.74, 6) is 1.59. The molecule has 0 spiro atoms. The summed E-state index contributed by atoms with van der Waals surface area (Å²) in [4.78, 5) is 0. The Morgan fingerprint density at radius 3 is 2.76 bits per heavy atom. The highest BCUT2D eigenvalue weighted by Crippen LogP contribution is 2.33. The van der Waals surface area contributed by atoms with Crippen LogP contribution in [-0.4, -0.2) is 6.61 Å². The maximum atomic E-state index is 6.13. The minimum Gasteiger partial charge on any atom is -0.493 e. The third-order valence-electron chi connectivity index (χ3n) is 3.46. The smallest absolute Gasteiger partial charge is 0.129 e. The molecule has 0 saturated carbocycles. The molecule has 5 heteroatoms. The van der Waals surface area contributed by atoms with Gasteiger partial charge in [0, 0.05) is 28.6 Å². The molecule has 0 unspecified atom stereocenters. The van der Waals surface area contributed by atoms with E-state index in [1.807, 2.05) is 24.3 Å². The normalized spacial score (nSPS) is 12.9. The van der Waals surface area contributed by atoms with Gasteiger partial charge in [0.15, 0.2) is 0 Å². The minimum atomic E-state index is 0.390. The Morgan fingerprint density at radius 2 is 2.00 bits per heavy atom. The van der Waals surface area contributed by atoms with Crippen LogP contribution in [0, 0.1) is 0 Å². The van der Waals surface area contributed by atoms with Crippen molar-refractivity contribution >= 4 is 23.2 Å². The van der Waals surface area contributed by atoms with E-state index in [0.717, 1.165) is 28.9 Å². The molecule has 2 aromatic rings. The number of halogens is 2. The van der Waals surface area contributed by atoms with E-state index in [1.165, 1.54) is 0 Å². The van der Waals surface area contributed by atoms with E-state index in [9.17, 15) is 0 Å². The first-order valence-electron chi connectivity index (χ1n) is 6.73. The highest BCUT2D eigenvalue weighted by atomic mass is 35.5. The Kier molecular flexibility index (Phi) is 4.24. The van der Waals surface area contributed by atoms with Crippen molar-refractivity contribution in [3.63, 3.8) is 0 Å². The molecule has 0 radical (unpaired) electrons. The van der Waals surface area contributed by atoms with Crippen molar-refractivity contribution in [2.45, 2.75) is 19.6 Å². The Bertz CT molecular complexity index is 674. The lowest BCUT2D eigenvalue weighted by molar-refractivity contribution is 0.292. The Hall–Kier alpha value is -1.42. The van der Waals surface area contributed by atoms with Gasteiger partial charge in [-0.05, 0) is 35.4 Å². The lowest BCUT2D eigenvalue weighted by Crippen LogP contribution is -2.00. The van der Waals surface area contributed by atoms with E-state index < -0.39 is 0 Å². The van der Waals surface area contributed by atoms with Gasteiger partial charge in [0.2, 0.25) is 0 Å². The van der Waals surface area contributed by atoms with Gasteiger partial charge in [0.25, 0.3) is 0 Å². The number of ether oxygens (including phenoxy) is 2. The molecule has 0 aliphatic carbocycles. The zero-order valence-electron chi connectivity index (χ0n) is 11.4. The van der Waals surface area contributed by atoms with Gasteiger partial charge in [-0.3, -0.25) is 0 Å². The number of benzene rings is 2. The van der Waals surface area contributed by atoms with Crippen molar-refractivity contribution in [1.82, 2.24) is 0 Å². The van der Waals surface area contributed by atoms with Crippen molar-refractivity contribution < 1.29 is 9.47 Å². The van der Waals surface area contributed by atoms with Gasteiger partial charge in [-0.15, -0.1) is 0 Å². The topological polar surface area (TPSA) is 44.5 Å². The molecule has 110 valence electrons. The fourth-order valence-electron chi connectivity index (χ4n) is 2.40. The molecule has 0 fully saturated rings. The van der Waals surface area contributed by atoms with Crippen LogP contribution in [0.4, 0.5) is 0 Å². The molecule has 2 N–H and O–H groups in total. The number of fused-ring (bicyclic) bond motifs is 1. The van der Waals surface area contributed by atoms with Crippen LogP contribution in [0.2, 0.25) is 10.0 Å². The zero-order valence-corrected chi connectivity index (χ0v) is 12.9. The Labute approximate surface area is 133 Å². The number of nitrogens with two attached hydrogens (primary N) is 1. The fraction of sp³-hybridized carbons (Fsp3) is 0.250. The lowest BCUT2D eigenvalue weighted by atomic mass is 10.1. The summed E-state index contributed by atoms with van der Waals surface area (Å²) in [5, 5.41) is 1.32. The highest BCUT2D eigenvalue weighted by Gasteiger charge is 2.18. The Balaban J connectivity index is 1.78.